The Balaban J connectivity index is 1.27. The minimum Gasteiger partial charge on any atom is -0.464 e. The average Bonchev–Trinajstić information content (AvgIpc) is 3.03. The van der Waals surface area contributed by atoms with Gasteiger partial charge in [0.25, 0.3) is 5.69 Å². The Morgan fingerprint density at radius 1 is 1.26 bits per heavy atom. The second-order valence-corrected chi connectivity index (χ2v) is 9.47. The maximum absolute atomic E-state index is 10.8. The highest BCUT2D eigenvalue weighted by atomic mass is 32.2. The molecule has 2 aromatic rings. The molecular weight excluding hydrogens is 412 g/mol. The molecule has 0 radical (unpaired) electrons. The molecule has 0 spiro atoms. The van der Waals surface area contributed by atoms with Gasteiger partial charge in [-0.15, -0.1) is 11.8 Å². The van der Waals surface area contributed by atoms with E-state index in [-0.39, 0.29) is 16.2 Å². The summed E-state index contributed by atoms with van der Waals surface area (Å²) in [5, 5.41) is 10.8. The molecule has 0 bridgehead atoms. The molecule has 2 aliphatic rings. The third-order valence-corrected chi connectivity index (χ3v) is 7.80. The molecule has 0 amide bonds. The number of benzene rings is 1. The van der Waals surface area contributed by atoms with Gasteiger partial charge in [-0.05, 0) is 62.3 Å². The average molecular weight is 443 g/mol. The summed E-state index contributed by atoms with van der Waals surface area (Å²) in [6, 6.07) is 6.78. The van der Waals surface area contributed by atoms with Crippen LogP contribution in [0.3, 0.4) is 0 Å². The summed E-state index contributed by atoms with van der Waals surface area (Å²) < 4.78 is 11.8. The number of nitro groups is 1. The van der Waals surface area contributed by atoms with E-state index in [4.69, 9.17) is 9.15 Å². The van der Waals surface area contributed by atoms with Gasteiger partial charge in [-0.1, -0.05) is 6.08 Å². The number of rotatable bonds is 8. The predicted octanol–water partition coefficient (Wildman–Crippen LogP) is 5.35. The van der Waals surface area contributed by atoms with Crippen LogP contribution < -0.4 is 0 Å². The molecule has 6 nitrogen and oxygen atoms in total. The van der Waals surface area contributed by atoms with Crippen molar-refractivity contribution in [1.82, 2.24) is 4.90 Å². The fourth-order valence-corrected chi connectivity index (χ4v) is 5.57. The molecule has 1 aromatic heterocycles. The van der Waals surface area contributed by atoms with Crippen LogP contribution in [0.25, 0.3) is 6.08 Å². The van der Waals surface area contributed by atoms with Gasteiger partial charge in [-0.3, -0.25) is 10.1 Å². The van der Waals surface area contributed by atoms with E-state index in [1.807, 2.05) is 18.4 Å². The third kappa shape index (κ3) is 5.40. The summed E-state index contributed by atoms with van der Waals surface area (Å²) in [6.45, 7) is 3.09. The monoisotopic (exact) mass is 442 g/mol. The van der Waals surface area contributed by atoms with Crippen LogP contribution in [0.1, 0.15) is 42.6 Å². The molecule has 1 aromatic carbocycles. The fourth-order valence-electron chi connectivity index (χ4n) is 4.40. The topological polar surface area (TPSA) is 68.8 Å². The quantitative estimate of drug-likeness (QED) is 0.312. The summed E-state index contributed by atoms with van der Waals surface area (Å²) in [6.07, 6.45) is 12.8. The van der Waals surface area contributed by atoms with Gasteiger partial charge in [0.2, 0.25) is 0 Å². The van der Waals surface area contributed by atoms with Crippen LogP contribution in [-0.2, 0) is 17.6 Å². The molecule has 0 N–H and O–H groups in total. The van der Waals surface area contributed by atoms with Gasteiger partial charge >= 0.3 is 0 Å². The van der Waals surface area contributed by atoms with Crippen LogP contribution in [0.15, 0.2) is 45.9 Å². The largest absolute Gasteiger partial charge is 0.464 e. The van der Waals surface area contributed by atoms with Crippen molar-refractivity contribution < 1.29 is 14.1 Å². The molecule has 2 heterocycles. The number of non-ortho nitro benzene ring substituents is 1. The number of piperidine rings is 1. The van der Waals surface area contributed by atoms with Crippen molar-refractivity contribution in [2.75, 3.05) is 32.5 Å². The number of nitrogens with zero attached hydrogens (tertiary/aromatic N) is 2. The Kier molecular flexibility index (Phi) is 7.15. The molecule has 7 heteroatoms. The zero-order chi connectivity index (χ0) is 21.7. The van der Waals surface area contributed by atoms with Crippen molar-refractivity contribution in [2.24, 2.45) is 0 Å². The highest BCUT2D eigenvalue weighted by Gasteiger charge is 2.34. The van der Waals surface area contributed by atoms with E-state index in [0.717, 1.165) is 68.1 Å². The van der Waals surface area contributed by atoms with Gasteiger partial charge < -0.3 is 14.1 Å². The smallest absolute Gasteiger partial charge is 0.269 e. The van der Waals surface area contributed by atoms with Gasteiger partial charge in [0.1, 0.15) is 5.76 Å². The van der Waals surface area contributed by atoms with Crippen LogP contribution in [0.4, 0.5) is 5.69 Å². The van der Waals surface area contributed by atoms with Crippen molar-refractivity contribution in [3.05, 3.63) is 63.6 Å². The lowest BCUT2D eigenvalue weighted by Gasteiger charge is -2.40. The number of hydrogen-bond acceptors (Lipinski definition) is 6. The summed E-state index contributed by atoms with van der Waals surface area (Å²) in [7, 11) is 1.81. The molecule has 0 saturated carbocycles. The Bertz CT molecular complexity index is 914. The van der Waals surface area contributed by atoms with E-state index in [1.165, 1.54) is 17.5 Å². The van der Waals surface area contributed by atoms with Crippen molar-refractivity contribution in [2.45, 2.75) is 49.0 Å². The second-order valence-electron chi connectivity index (χ2n) is 8.42. The number of hydrogen-bond donors (Lipinski definition) is 0. The number of allylic oxidation sites excluding steroid dienone is 1. The summed E-state index contributed by atoms with van der Waals surface area (Å²) >= 11 is 1.72. The molecule has 1 saturated heterocycles. The molecule has 1 aliphatic carbocycles. The lowest BCUT2D eigenvalue weighted by atomic mass is 9.92. The van der Waals surface area contributed by atoms with Crippen LogP contribution in [0.5, 0.6) is 0 Å². The van der Waals surface area contributed by atoms with E-state index < -0.39 is 0 Å². The van der Waals surface area contributed by atoms with E-state index in [2.05, 4.69) is 17.1 Å². The number of furan rings is 1. The maximum atomic E-state index is 10.8. The van der Waals surface area contributed by atoms with Crippen LogP contribution in [0.2, 0.25) is 0 Å². The number of likely N-dealkylation sites (tertiary alicyclic amines) is 1. The Morgan fingerprint density at radius 3 is 2.74 bits per heavy atom. The SMILES string of the molecule is COC1(CSc2ccc([N+](=O)[O-])cc2)CCN(CCc2coc3c2CCCC=C3)CC1. The molecule has 31 heavy (non-hydrogen) atoms. The molecule has 166 valence electrons. The van der Waals surface area contributed by atoms with Crippen molar-refractivity contribution in [3.8, 4) is 0 Å². The molecule has 4 rings (SSSR count). The summed E-state index contributed by atoms with van der Waals surface area (Å²) in [4.78, 5) is 14.0. The molecule has 0 unspecified atom stereocenters. The van der Waals surface area contributed by atoms with Crippen LogP contribution in [-0.4, -0.2) is 47.9 Å². The number of nitro benzene ring substituents is 1. The van der Waals surface area contributed by atoms with E-state index >= 15 is 0 Å². The van der Waals surface area contributed by atoms with Gasteiger partial charge in [0.05, 0.1) is 16.8 Å². The molecular formula is C24H30N2O4S. The van der Waals surface area contributed by atoms with Gasteiger partial charge in [-0.2, -0.15) is 0 Å². The molecule has 1 fully saturated rings. The Labute approximate surface area is 187 Å². The third-order valence-electron chi connectivity index (χ3n) is 6.53. The van der Waals surface area contributed by atoms with Crippen LogP contribution in [0, 0.1) is 10.1 Å². The fraction of sp³-hybridized carbons (Fsp3) is 0.500. The summed E-state index contributed by atoms with van der Waals surface area (Å²) in [5.74, 6) is 1.91. The Morgan fingerprint density at radius 2 is 2.03 bits per heavy atom. The number of ether oxygens (including phenoxy) is 1. The van der Waals surface area contributed by atoms with E-state index in [9.17, 15) is 10.1 Å². The highest BCUT2D eigenvalue weighted by molar-refractivity contribution is 7.99. The zero-order valence-corrected chi connectivity index (χ0v) is 18.9. The first-order valence-corrected chi connectivity index (χ1v) is 12.0. The first-order chi connectivity index (χ1) is 15.1. The van der Waals surface area contributed by atoms with Gasteiger partial charge in [0, 0.05) is 55.1 Å². The highest BCUT2D eigenvalue weighted by Crippen LogP contribution is 2.33. The number of methoxy groups -OCH3 is 1. The first kappa shape index (κ1) is 22.1. The minimum atomic E-state index is -0.363. The first-order valence-electron chi connectivity index (χ1n) is 11.0. The van der Waals surface area contributed by atoms with Crippen molar-refractivity contribution in [1.29, 1.82) is 0 Å². The zero-order valence-electron chi connectivity index (χ0n) is 18.0. The lowest BCUT2D eigenvalue weighted by molar-refractivity contribution is -0.384. The van der Waals surface area contributed by atoms with E-state index in [1.54, 1.807) is 31.0 Å². The predicted molar refractivity (Wildman–Crippen MR) is 124 cm³/mol. The molecule has 0 atom stereocenters. The summed E-state index contributed by atoms with van der Waals surface area (Å²) in [5.41, 5.74) is 2.75. The number of fused-ring (bicyclic) bond motifs is 1. The molecule has 1 aliphatic heterocycles. The minimum absolute atomic E-state index is 0.129. The van der Waals surface area contributed by atoms with Crippen molar-refractivity contribution >= 4 is 23.5 Å². The van der Waals surface area contributed by atoms with Gasteiger partial charge in [-0.25, -0.2) is 0 Å². The standard InChI is InChI=1S/C24H30N2O4S/c1-29-24(18-31-21-9-7-20(8-10-21)26(27)28)12-15-25(16-13-24)14-11-19-17-30-23-6-4-2-3-5-22(19)23/h4,6-10,17H,2-3,5,11-16,18H2,1H3. The lowest BCUT2D eigenvalue weighted by Crippen LogP contribution is -2.47. The Hall–Kier alpha value is -2.09. The normalized spacial score (nSPS) is 18.5. The maximum Gasteiger partial charge on any atom is 0.269 e. The number of thioether (sulfide) groups is 1. The van der Waals surface area contributed by atoms with Gasteiger partial charge in [0.15, 0.2) is 0 Å². The van der Waals surface area contributed by atoms with E-state index in [0.29, 0.717) is 0 Å². The second kappa shape index (κ2) is 10.0. The van der Waals surface area contributed by atoms with Crippen LogP contribution >= 0.6 is 11.8 Å². The van der Waals surface area contributed by atoms with Crippen molar-refractivity contribution in [3.63, 3.8) is 0 Å².